The number of esters is 1. The minimum Gasteiger partial charge on any atom is -0.465 e. The fraction of sp³-hybridized carbons (Fsp3) is 0.783. The van der Waals surface area contributed by atoms with Crippen LogP contribution in [0, 0.1) is 11.3 Å². The molecular weight excluding hydrogens is 384 g/mol. The Labute approximate surface area is 179 Å². The number of rotatable bonds is 11. The summed E-state index contributed by atoms with van der Waals surface area (Å²) in [6, 6.07) is 0. The van der Waals surface area contributed by atoms with Crippen molar-refractivity contribution in [2.24, 2.45) is 11.3 Å². The van der Waals surface area contributed by atoms with E-state index in [0.717, 1.165) is 57.2 Å². The summed E-state index contributed by atoms with van der Waals surface area (Å²) in [6.07, 6.45) is 7.11. The SMILES string of the molecule is CCCCOCCCNC(=O)C[C@@H]1C(=O)N2CCCC3=C2[C@@]1(C(=O)OCC)CCC3. The van der Waals surface area contributed by atoms with E-state index in [0.29, 0.717) is 26.1 Å². The molecular formula is C23H36N2O5. The molecule has 30 heavy (non-hydrogen) atoms. The average molecular weight is 421 g/mol. The van der Waals surface area contributed by atoms with Crippen molar-refractivity contribution in [2.75, 3.05) is 32.9 Å². The van der Waals surface area contributed by atoms with E-state index in [1.807, 2.05) is 0 Å². The van der Waals surface area contributed by atoms with Crippen LogP contribution in [-0.4, -0.2) is 55.6 Å². The van der Waals surface area contributed by atoms with Gasteiger partial charge in [-0.1, -0.05) is 13.3 Å². The van der Waals surface area contributed by atoms with Gasteiger partial charge in [-0.05, 0) is 57.4 Å². The second-order valence-corrected chi connectivity index (χ2v) is 8.52. The van der Waals surface area contributed by atoms with Crippen LogP contribution < -0.4 is 5.32 Å². The van der Waals surface area contributed by atoms with E-state index in [1.165, 1.54) is 5.57 Å². The van der Waals surface area contributed by atoms with Gasteiger partial charge in [0.2, 0.25) is 11.8 Å². The maximum absolute atomic E-state index is 13.3. The number of hydrogen-bond acceptors (Lipinski definition) is 5. The molecule has 0 bridgehead atoms. The second kappa shape index (κ2) is 10.4. The molecule has 1 N–H and O–H groups in total. The fourth-order valence-electron chi connectivity index (χ4n) is 5.20. The number of unbranched alkanes of at least 4 members (excludes halogenated alkanes) is 1. The molecule has 2 heterocycles. The third-order valence-corrected chi connectivity index (χ3v) is 6.56. The van der Waals surface area contributed by atoms with Gasteiger partial charge in [-0.15, -0.1) is 0 Å². The lowest BCUT2D eigenvalue weighted by molar-refractivity contribution is -0.158. The Balaban J connectivity index is 1.68. The van der Waals surface area contributed by atoms with Crippen LogP contribution in [0.1, 0.15) is 71.6 Å². The Hall–Kier alpha value is -1.89. The quantitative estimate of drug-likeness (QED) is 0.410. The van der Waals surface area contributed by atoms with Crippen LogP contribution in [0.2, 0.25) is 0 Å². The highest BCUT2D eigenvalue weighted by atomic mass is 16.5. The van der Waals surface area contributed by atoms with Crippen LogP contribution in [0.25, 0.3) is 0 Å². The summed E-state index contributed by atoms with van der Waals surface area (Å²) >= 11 is 0. The Morgan fingerprint density at radius 1 is 1.17 bits per heavy atom. The second-order valence-electron chi connectivity index (χ2n) is 8.52. The van der Waals surface area contributed by atoms with Crippen LogP contribution in [-0.2, 0) is 23.9 Å². The van der Waals surface area contributed by atoms with Gasteiger partial charge in [0.1, 0.15) is 5.41 Å². The van der Waals surface area contributed by atoms with Gasteiger partial charge in [0, 0.05) is 38.4 Å². The first-order chi connectivity index (χ1) is 14.6. The first kappa shape index (κ1) is 22.8. The van der Waals surface area contributed by atoms with Gasteiger partial charge >= 0.3 is 5.97 Å². The number of nitrogens with one attached hydrogen (secondary N) is 1. The number of allylic oxidation sites excluding steroid dienone is 1. The molecule has 0 aromatic rings. The highest BCUT2D eigenvalue weighted by Crippen LogP contribution is 2.57. The molecule has 3 aliphatic rings. The number of nitrogens with zero attached hydrogens (tertiary/aromatic N) is 1. The normalized spacial score (nSPS) is 25.3. The molecule has 7 heteroatoms. The Kier molecular flexibility index (Phi) is 7.92. The van der Waals surface area contributed by atoms with Crippen LogP contribution in [0.4, 0.5) is 0 Å². The molecule has 168 valence electrons. The molecule has 2 atom stereocenters. The summed E-state index contributed by atoms with van der Waals surface area (Å²) in [5.74, 6) is -1.27. The monoisotopic (exact) mass is 420 g/mol. The molecule has 1 aliphatic carbocycles. The summed E-state index contributed by atoms with van der Waals surface area (Å²) in [7, 11) is 0. The Morgan fingerprint density at radius 3 is 2.70 bits per heavy atom. The molecule has 0 unspecified atom stereocenters. The molecule has 0 radical (unpaired) electrons. The molecule has 2 aliphatic heterocycles. The van der Waals surface area contributed by atoms with Crippen molar-refractivity contribution in [3.05, 3.63) is 11.3 Å². The van der Waals surface area contributed by atoms with Crippen molar-refractivity contribution < 1.29 is 23.9 Å². The van der Waals surface area contributed by atoms with Crippen molar-refractivity contribution in [1.82, 2.24) is 10.2 Å². The largest absolute Gasteiger partial charge is 0.465 e. The molecule has 0 aromatic carbocycles. The molecule has 7 nitrogen and oxygen atoms in total. The topological polar surface area (TPSA) is 84.9 Å². The molecule has 0 spiro atoms. The zero-order valence-corrected chi connectivity index (χ0v) is 18.5. The number of amides is 2. The van der Waals surface area contributed by atoms with E-state index in [4.69, 9.17) is 9.47 Å². The highest BCUT2D eigenvalue weighted by molar-refractivity contribution is 5.99. The van der Waals surface area contributed by atoms with E-state index in [9.17, 15) is 14.4 Å². The van der Waals surface area contributed by atoms with Gasteiger partial charge in [-0.2, -0.15) is 0 Å². The van der Waals surface area contributed by atoms with Crippen molar-refractivity contribution in [3.63, 3.8) is 0 Å². The van der Waals surface area contributed by atoms with Gasteiger partial charge < -0.3 is 19.7 Å². The number of ether oxygens (including phenoxy) is 2. The average Bonchev–Trinajstić information content (AvgIpc) is 2.99. The lowest BCUT2D eigenvalue weighted by Gasteiger charge is -2.39. The summed E-state index contributed by atoms with van der Waals surface area (Å²) in [4.78, 5) is 40.9. The smallest absolute Gasteiger partial charge is 0.318 e. The van der Waals surface area contributed by atoms with Gasteiger partial charge in [0.05, 0.1) is 12.5 Å². The summed E-state index contributed by atoms with van der Waals surface area (Å²) in [5.41, 5.74) is 1.09. The molecule has 0 saturated carbocycles. The van der Waals surface area contributed by atoms with Crippen LogP contribution >= 0.6 is 0 Å². The number of carbonyl (C=O) groups excluding carboxylic acids is 3. The van der Waals surface area contributed by atoms with Crippen LogP contribution in [0.15, 0.2) is 11.3 Å². The number of hydrogen-bond donors (Lipinski definition) is 1. The minimum atomic E-state index is -0.984. The van der Waals surface area contributed by atoms with Crippen molar-refractivity contribution >= 4 is 17.8 Å². The molecule has 0 aromatic heterocycles. The van der Waals surface area contributed by atoms with Gasteiger partial charge in [-0.3, -0.25) is 14.4 Å². The van der Waals surface area contributed by atoms with Gasteiger partial charge in [0.15, 0.2) is 0 Å². The lowest BCUT2D eigenvalue weighted by atomic mass is 9.65. The summed E-state index contributed by atoms with van der Waals surface area (Å²) in [6.45, 7) is 6.67. The van der Waals surface area contributed by atoms with Crippen LogP contribution in [0.3, 0.4) is 0 Å². The summed E-state index contributed by atoms with van der Waals surface area (Å²) < 4.78 is 11.0. The zero-order valence-electron chi connectivity index (χ0n) is 18.5. The maximum Gasteiger partial charge on any atom is 0.318 e. The van der Waals surface area contributed by atoms with Crippen molar-refractivity contribution in [3.8, 4) is 0 Å². The highest BCUT2D eigenvalue weighted by Gasteiger charge is 2.63. The zero-order chi connectivity index (χ0) is 21.6. The van der Waals surface area contributed by atoms with E-state index in [1.54, 1.807) is 11.8 Å². The maximum atomic E-state index is 13.3. The molecule has 1 fully saturated rings. The molecule has 2 amide bonds. The lowest BCUT2D eigenvalue weighted by Crippen LogP contribution is -2.44. The van der Waals surface area contributed by atoms with E-state index in [2.05, 4.69) is 12.2 Å². The predicted octanol–water partition coefficient (Wildman–Crippen LogP) is 2.94. The van der Waals surface area contributed by atoms with Crippen molar-refractivity contribution in [2.45, 2.75) is 71.6 Å². The first-order valence-electron chi connectivity index (χ1n) is 11.6. The van der Waals surface area contributed by atoms with E-state index < -0.39 is 11.3 Å². The molecule has 3 rings (SSSR count). The minimum absolute atomic E-state index is 0.0294. The Bertz CT molecular complexity index is 685. The van der Waals surface area contributed by atoms with E-state index in [-0.39, 0.29) is 30.8 Å². The third kappa shape index (κ3) is 4.41. The first-order valence-corrected chi connectivity index (χ1v) is 11.6. The number of carbonyl (C=O) groups is 3. The molecule has 1 saturated heterocycles. The fourth-order valence-corrected chi connectivity index (χ4v) is 5.20. The van der Waals surface area contributed by atoms with Gasteiger partial charge in [0.25, 0.3) is 0 Å². The van der Waals surface area contributed by atoms with Gasteiger partial charge in [-0.25, -0.2) is 0 Å². The Morgan fingerprint density at radius 2 is 1.93 bits per heavy atom. The predicted molar refractivity (Wildman–Crippen MR) is 112 cm³/mol. The third-order valence-electron chi connectivity index (χ3n) is 6.56. The standard InChI is InChI=1S/C23H36N2O5/c1-3-5-14-29-15-8-12-24-19(26)16-18-21(27)25-13-7-10-17-9-6-11-23(18,20(17)25)22(28)30-4-2/h18H,3-16H2,1-2H3,(H,24,26)/t18-,23-/m1/s1. The summed E-state index contributed by atoms with van der Waals surface area (Å²) in [5, 5.41) is 2.91. The van der Waals surface area contributed by atoms with Crippen LogP contribution in [0.5, 0.6) is 0 Å². The van der Waals surface area contributed by atoms with Crippen molar-refractivity contribution in [1.29, 1.82) is 0 Å². The van der Waals surface area contributed by atoms with E-state index >= 15 is 0 Å².